The molecular formula is C14H16O. The Kier molecular flexibility index (Phi) is 3.00. The van der Waals surface area contributed by atoms with E-state index in [4.69, 9.17) is 0 Å². The van der Waals surface area contributed by atoms with Crippen LogP contribution in [0.3, 0.4) is 0 Å². The SMILES string of the molecule is CC1=CC(=O)CCC1Cc1ccccc1. The summed E-state index contributed by atoms with van der Waals surface area (Å²) in [6.07, 6.45) is 4.61. The van der Waals surface area contributed by atoms with E-state index in [1.165, 1.54) is 11.1 Å². The van der Waals surface area contributed by atoms with Gasteiger partial charge in [0.1, 0.15) is 0 Å². The molecule has 0 fully saturated rings. The number of ketones is 1. The highest BCUT2D eigenvalue weighted by molar-refractivity contribution is 5.91. The van der Waals surface area contributed by atoms with Crippen LogP contribution in [0, 0.1) is 5.92 Å². The van der Waals surface area contributed by atoms with Crippen molar-refractivity contribution in [2.45, 2.75) is 26.2 Å². The number of carbonyl (C=O) groups excluding carboxylic acids is 1. The topological polar surface area (TPSA) is 17.1 Å². The van der Waals surface area contributed by atoms with Gasteiger partial charge in [-0.2, -0.15) is 0 Å². The molecule has 2 rings (SSSR count). The Hall–Kier alpha value is -1.37. The Labute approximate surface area is 90.8 Å². The molecule has 0 aliphatic heterocycles. The van der Waals surface area contributed by atoms with Gasteiger partial charge in [-0.1, -0.05) is 35.9 Å². The predicted octanol–water partition coefficient (Wildman–Crippen LogP) is 3.15. The fourth-order valence-corrected chi connectivity index (χ4v) is 2.15. The van der Waals surface area contributed by atoms with Gasteiger partial charge in [0.2, 0.25) is 0 Å². The molecule has 0 aromatic heterocycles. The summed E-state index contributed by atoms with van der Waals surface area (Å²) in [5, 5.41) is 0. The monoisotopic (exact) mass is 200 g/mol. The van der Waals surface area contributed by atoms with Gasteiger partial charge in [-0.05, 0) is 37.3 Å². The van der Waals surface area contributed by atoms with E-state index in [9.17, 15) is 4.79 Å². The van der Waals surface area contributed by atoms with Crippen LogP contribution in [0.25, 0.3) is 0 Å². The van der Waals surface area contributed by atoms with Gasteiger partial charge in [0, 0.05) is 6.42 Å². The third-order valence-corrected chi connectivity index (χ3v) is 3.10. The first-order valence-electron chi connectivity index (χ1n) is 5.50. The molecule has 1 unspecified atom stereocenters. The zero-order chi connectivity index (χ0) is 10.7. The molecule has 0 spiro atoms. The summed E-state index contributed by atoms with van der Waals surface area (Å²) in [4.78, 5) is 11.2. The van der Waals surface area contributed by atoms with Crippen LogP contribution >= 0.6 is 0 Å². The lowest BCUT2D eigenvalue weighted by Crippen LogP contribution is -2.14. The first-order chi connectivity index (χ1) is 7.25. The number of hydrogen-bond donors (Lipinski definition) is 0. The molecule has 1 aromatic carbocycles. The standard InChI is InChI=1S/C14H16O/c1-11-9-14(15)8-7-13(11)10-12-5-3-2-4-6-12/h2-6,9,13H,7-8,10H2,1H3. The minimum atomic E-state index is 0.289. The van der Waals surface area contributed by atoms with E-state index < -0.39 is 0 Å². The highest BCUT2D eigenvalue weighted by atomic mass is 16.1. The molecule has 1 aromatic rings. The lowest BCUT2D eigenvalue weighted by molar-refractivity contribution is -0.115. The van der Waals surface area contributed by atoms with Crippen molar-refractivity contribution in [3.8, 4) is 0 Å². The molecule has 0 saturated carbocycles. The number of allylic oxidation sites excluding steroid dienone is 2. The van der Waals surface area contributed by atoms with Gasteiger partial charge in [0.05, 0.1) is 0 Å². The van der Waals surface area contributed by atoms with Gasteiger partial charge < -0.3 is 0 Å². The fourth-order valence-electron chi connectivity index (χ4n) is 2.15. The molecule has 1 heteroatoms. The number of hydrogen-bond acceptors (Lipinski definition) is 1. The van der Waals surface area contributed by atoms with Crippen LogP contribution in [0.15, 0.2) is 42.0 Å². The number of rotatable bonds is 2. The van der Waals surface area contributed by atoms with Crippen LogP contribution in [-0.4, -0.2) is 5.78 Å². The molecule has 0 N–H and O–H groups in total. The van der Waals surface area contributed by atoms with Crippen molar-refractivity contribution in [2.24, 2.45) is 5.92 Å². The molecule has 1 aliphatic rings. The molecule has 0 radical (unpaired) electrons. The Balaban J connectivity index is 2.08. The molecule has 0 bridgehead atoms. The van der Waals surface area contributed by atoms with E-state index in [1.54, 1.807) is 0 Å². The maximum Gasteiger partial charge on any atom is 0.155 e. The van der Waals surface area contributed by atoms with Gasteiger partial charge >= 0.3 is 0 Å². The van der Waals surface area contributed by atoms with Crippen LogP contribution in [-0.2, 0) is 11.2 Å². The second kappa shape index (κ2) is 4.43. The first-order valence-corrected chi connectivity index (χ1v) is 5.50. The Morgan fingerprint density at radius 2 is 2.00 bits per heavy atom. The van der Waals surface area contributed by atoms with E-state index in [2.05, 4.69) is 31.2 Å². The third kappa shape index (κ3) is 2.56. The Bertz CT molecular complexity index is 376. The highest BCUT2D eigenvalue weighted by Crippen LogP contribution is 2.26. The zero-order valence-corrected chi connectivity index (χ0v) is 9.07. The molecular weight excluding hydrogens is 184 g/mol. The number of carbonyl (C=O) groups is 1. The summed E-state index contributed by atoms with van der Waals surface area (Å²) in [6.45, 7) is 2.07. The molecule has 1 atom stereocenters. The second-order valence-corrected chi connectivity index (χ2v) is 4.28. The molecule has 0 heterocycles. The summed E-state index contributed by atoms with van der Waals surface area (Å²) >= 11 is 0. The van der Waals surface area contributed by atoms with Gasteiger partial charge in [0.25, 0.3) is 0 Å². The molecule has 15 heavy (non-hydrogen) atoms. The minimum Gasteiger partial charge on any atom is -0.295 e. The highest BCUT2D eigenvalue weighted by Gasteiger charge is 2.18. The molecule has 0 amide bonds. The van der Waals surface area contributed by atoms with E-state index >= 15 is 0 Å². The normalized spacial score (nSPS) is 21.3. The van der Waals surface area contributed by atoms with Crippen LogP contribution in [0.2, 0.25) is 0 Å². The van der Waals surface area contributed by atoms with Crippen molar-refractivity contribution < 1.29 is 4.79 Å². The summed E-state index contributed by atoms with van der Waals surface area (Å²) in [6, 6.07) is 10.5. The summed E-state index contributed by atoms with van der Waals surface area (Å²) in [5.41, 5.74) is 2.61. The van der Waals surface area contributed by atoms with Crippen molar-refractivity contribution in [1.29, 1.82) is 0 Å². The van der Waals surface area contributed by atoms with Crippen molar-refractivity contribution in [3.63, 3.8) is 0 Å². The van der Waals surface area contributed by atoms with Crippen LogP contribution in [0.4, 0.5) is 0 Å². The fraction of sp³-hybridized carbons (Fsp3) is 0.357. The van der Waals surface area contributed by atoms with E-state index in [1.807, 2.05) is 12.1 Å². The van der Waals surface area contributed by atoms with E-state index in [-0.39, 0.29) is 5.78 Å². The van der Waals surface area contributed by atoms with Gasteiger partial charge in [0.15, 0.2) is 5.78 Å². The molecule has 1 aliphatic carbocycles. The average molecular weight is 200 g/mol. The molecule has 0 saturated heterocycles. The number of benzene rings is 1. The van der Waals surface area contributed by atoms with Gasteiger partial charge in [-0.25, -0.2) is 0 Å². The minimum absolute atomic E-state index is 0.289. The Morgan fingerprint density at radius 1 is 1.27 bits per heavy atom. The van der Waals surface area contributed by atoms with Gasteiger partial charge in [-0.3, -0.25) is 4.79 Å². The van der Waals surface area contributed by atoms with Crippen LogP contribution < -0.4 is 0 Å². The summed E-state index contributed by atoms with van der Waals surface area (Å²) in [5.74, 6) is 0.849. The molecule has 1 nitrogen and oxygen atoms in total. The first kappa shape index (κ1) is 10.2. The van der Waals surface area contributed by atoms with Crippen molar-refractivity contribution in [1.82, 2.24) is 0 Å². The maximum atomic E-state index is 11.2. The van der Waals surface area contributed by atoms with Crippen molar-refractivity contribution in [2.75, 3.05) is 0 Å². The van der Waals surface area contributed by atoms with E-state index in [0.29, 0.717) is 5.92 Å². The largest absolute Gasteiger partial charge is 0.295 e. The van der Waals surface area contributed by atoms with Crippen LogP contribution in [0.1, 0.15) is 25.3 Å². The smallest absolute Gasteiger partial charge is 0.155 e. The average Bonchev–Trinajstić information content (AvgIpc) is 2.24. The maximum absolute atomic E-state index is 11.2. The Morgan fingerprint density at radius 3 is 2.67 bits per heavy atom. The van der Waals surface area contributed by atoms with Gasteiger partial charge in [-0.15, -0.1) is 0 Å². The lowest BCUT2D eigenvalue weighted by atomic mass is 9.84. The van der Waals surface area contributed by atoms with E-state index in [0.717, 1.165) is 19.3 Å². The lowest BCUT2D eigenvalue weighted by Gasteiger charge is -2.21. The predicted molar refractivity (Wildman–Crippen MR) is 61.6 cm³/mol. The molecule has 78 valence electrons. The summed E-state index contributed by atoms with van der Waals surface area (Å²) in [7, 11) is 0. The zero-order valence-electron chi connectivity index (χ0n) is 9.07. The summed E-state index contributed by atoms with van der Waals surface area (Å²) < 4.78 is 0. The van der Waals surface area contributed by atoms with Crippen LogP contribution in [0.5, 0.6) is 0 Å². The third-order valence-electron chi connectivity index (χ3n) is 3.10. The second-order valence-electron chi connectivity index (χ2n) is 4.28. The quantitative estimate of drug-likeness (QED) is 0.716. The van der Waals surface area contributed by atoms with Crippen molar-refractivity contribution >= 4 is 5.78 Å². The van der Waals surface area contributed by atoms with Crippen molar-refractivity contribution in [3.05, 3.63) is 47.5 Å².